The van der Waals surface area contributed by atoms with Crippen molar-refractivity contribution in [3.63, 3.8) is 0 Å². The Kier molecular flexibility index (Phi) is 5.35. The molecule has 7 nitrogen and oxygen atoms in total. The van der Waals surface area contributed by atoms with Crippen LogP contribution in [0.25, 0.3) is 11.1 Å². The average molecular weight is 309 g/mol. The van der Waals surface area contributed by atoms with Crippen molar-refractivity contribution in [2.75, 3.05) is 20.3 Å². The van der Waals surface area contributed by atoms with Gasteiger partial charge in [0.25, 0.3) is 0 Å². The number of esters is 1. The maximum Gasteiger partial charge on any atom is 0.420 e. The van der Waals surface area contributed by atoms with E-state index in [4.69, 9.17) is 13.9 Å². The number of benzene rings is 1. The minimum Gasteiger partial charge on any atom is -0.465 e. The van der Waals surface area contributed by atoms with E-state index in [0.717, 1.165) is 0 Å². The summed E-state index contributed by atoms with van der Waals surface area (Å²) in [5, 5.41) is 0. The number of methoxy groups -OCH3 is 1. The molecule has 0 N–H and O–H groups in total. The molecule has 2 rings (SSSR count). The first kappa shape index (κ1) is 16.3. The second-order valence-electron chi connectivity index (χ2n) is 4.49. The van der Waals surface area contributed by atoms with Gasteiger partial charge in [0.05, 0.1) is 24.7 Å². The van der Waals surface area contributed by atoms with Crippen LogP contribution in [-0.4, -0.2) is 37.1 Å². The molecule has 0 atom stereocenters. The summed E-state index contributed by atoms with van der Waals surface area (Å²) in [5.74, 6) is -1.01. The van der Waals surface area contributed by atoms with Gasteiger partial charge < -0.3 is 18.6 Å². The fraction of sp³-hybridized carbons (Fsp3) is 0.467. The molecule has 0 saturated heterocycles. The smallest absolute Gasteiger partial charge is 0.420 e. The lowest BCUT2D eigenvalue weighted by Gasteiger charge is -2.16. The molecule has 0 spiro atoms. The van der Waals surface area contributed by atoms with Crippen molar-refractivity contribution in [2.24, 2.45) is 0 Å². The molecular weight excluding hydrogens is 290 g/mol. The maximum atomic E-state index is 12.0. The summed E-state index contributed by atoms with van der Waals surface area (Å²) in [6, 6.07) is 4.70. The number of hydrogen-bond acceptors (Lipinski definition) is 6. The fourth-order valence-corrected chi connectivity index (χ4v) is 2.16. The molecule has 0 aliphatic heterocycles. The van der Waals surface area contributed by atoms with E-state index >= 15 is 0 Å². The van der Waals surface area contributed by atoms with E-state index in [1.165, 1.54) is 17.7 Å². The van der Waals surface area contributed by atoms with E-state index in [0.29, 0.717) is 29.9 Å². The number of fused-ring (bicyclic) bond motifs is 1. The molecular formula is C15H19NO6. The number of nitrogens with zero attached hydrogens (tertiary/aromatic N) is 1. The highest BCUT2D eigenvalue weighted by Gasteiger charge is 2.17. The highest BCUT2D eigenvalue weighted by atomic mass is 16.7. The van der Waals surface area contributed by atoms with Crippen molar-refractivity contribution in [2.45, 2.75) is 26.7 Å². The van der Waals surface area contributed by atoms with Crippen molar-refractivity contribution in [3.05, 3.63) is 34.3 Å². The summed E-state index contributed by atoms with van der Waals surface area (Å²) in [4.78, 5) is 23.5. The van der Waals surface area contributed by atoms with Crippen LogP contribution in [0.4, 0.5) is 0 Å². The summed E-state index contributed by atoms with van der Waals surface area (Å²) < 4.78 is 22.1. The van der Waals surface area contributed by atoms with E-state index in [1.807, 2.05) is 13.8 Å². The molecule has 1 heterocycles. The quantitative estimate of drug-likeness (QED) is 0.573. The van der Waals surface area contributed by atoms with Crippen LogP contribution in [0.5, 0.6) is 0 Å². The fourth-order valence-electron chi connectivity index (χ4n) is 2.16. The minimum absolute atomic E-state index is 0.213. The number of carbonyl (C=O) groups excluding carboxylic acids is 1. The largest absolute Gasteiger partial charge is 0.465 e. The van der Waals surface area contributed by atoms with Crippen molar-refractivity contribution in [3.8, 4) is 0 Å². The van der Waals surface area contributed by atoms with E-state index in [-0.39, 0.29) is 6.54 Å². The Bertz CT molecular complexity index is 696. The Morgan fingerprint density at radius 3 is 2.55 bits per heavy atom. The molecule has 2 aromatic rings. The third kappa shape index (κ3) is 3.37. The first-order valence-electron chi connectivity index (χ1n) is 7.05. The van der Waals surface area contributed by atoms with Crippen LogP contribution in [0.2, 0.25) is 0 Å². The summed E-state index contributed by atoms with van der Waals surface area (Å²) in [7, 11) is 1.29. The number of aromatic nitrogens is 1. The Morgan fingerprint density at radius 1 is 1.27 bits per heavy atom. The van der Waals surface area contributed by atoms with Crippen LogP contribution in [0.15, 0.2) is 27.4 Å². The van der Waals surface area contributed by atoms with Gasteiger partial charge in [0.1, 0.15) is 0 Å². The van der Waals surface area contributed by atoms with Crippen LogP contribution < -0.4 is 5.76 Å². The molecule has 0 fully saturated rings. The SMILES string of the molecule is CCOC(Cn1c(=O)oc2cc(C(=O)OC)ccc21)OCC. The molecule has 0 bridgehead atoms. The zero-order chi connectivity index (χ0) is 16.1. The number of hydrogen-bond donors (Lipinski definition) is 0. The molecule has 22 heavy (non-hydrogen) atoms. The zero-order valence-corrected chi connectivity index (χ0v) is 12.8. The standard InChI is InChI=1S/C15H19NO6/c1-4-20-13(21-5-2)9-16-11-7-6-10(14(17)19-3)8-12(11)22-15(16)18/h6-8,13H,4-5,9H2,1-3H3. The van der Waals surface area contributed by atoms with Gasteiger partial charge in [0.2, 0.25) is 0 Å². The van der Waals surface area contributed by atoms with Crippen LogP contribution >= 0.6 is 0 Å². The van der Waals surface area contributed by atoms with E-state index < -0.39 is 18.0 Å². The molecule has 0 aliphatic rings. The summed E-state index contributed by atoms with van der Waals surface area (Å²) in [5.41, 5.74) is 1.21. The van der Waals surface area contributed by atoms with E-state index in [1.54, 1.807) is 12.1 Å². The van der Waals surface area contributed by atoms with Crippen molar-refractivity contribution >= 4 is 17.1 Å². The predicted octanol–water partition coefficient (Wildman–Crippen LogP) is 1.78. The Balaban J connectivity index is 2.36. The van der Waals surface area contributed by atoms with Crippen molar-refractivity contribution < 1.29 is 23.4 Å². The second kappa shape index (κ2) is 7.24. The molecule has 1 aromatic carbocycles. The van der Waals surface area contributed by atoms with Gasteiger partial charge in [-0.05, 0) is 32.0 Å². The van der Waals surface area contributed by atoms with Crippen molar-refractivity contribution in [1.82, 2.24) is 4.57 Å². The lowest BCUT2D eigenvalue weighted by atomic mass is 10.2. The number of oxazole rings is 1. The van der Waals surface area contributed by atoms with Gasteiger partial charge in [-0.25, -0.2) is 9.59 Å². The number of rotatable bonds is 7. The molecule has 0 radical (unpaired) electrons. The van der Waals surface area contributed by atoms with Gasteiger partial charge >= 0.3 is 11.7 Å². The van der Waals surface area contributed by atoms with Gasteiger partial charge in [0, 0.05) is 13.2 Å². The normalized spacial score (nSPS) is 11.3. The first-order valence-corrected chi connectivity index (χ1v) is 7.05. The molecule has 7 heteroatoms. The third-order valence-electron chi connectivity index (χ3n) is 3.13. The van der Waals surface area contributed by atoms with E-state index in [2.05, 4.69) is 4.74 Å². The topological polar surface area (TPSA) is 79.9 Å². The molecule has 120 valence electrons. The van der Waals surface area contributed by atoms with Gasteiger partial charge in [-0.2, -0.15) is 0 Å². The lowest BCUT2D eigenvalue weighted by molar-refractivity contribution is -0.143. The van der Waals surface area contributed by atoms with Gasteiger partial charge in [-0.15, -0.1) is 0 Å². The van der Waals surface area contributed by atoms with Gasteiger partial charge in [-0.1, -0.05) is 0 Å². The monoisotopic (exact) mass is 309 g/mol. The summed E-state index contributed by atoms with van der Waals surface area (Å²) >= 11 is 0. The van der Waals surface area contributed by atoms with Crippen LogP contribution in [0.1, 0.15) is 24.2 Å². The molecule has 0 unspecified atom stereocenters. The lowest BCUT2D eigenvalue weighted by Crippen LogP contribution is -2.28. The van der Waals surface area contributed by atoms with Crippen molar-refractivity contribution in [1.29, 1.82) is 0 Å². The van der Waals surface area contributed by atoms with Crippen LogP contribution in [0.3, 0.4) is 0 Å². The summed E-state index contributed by atoms with van der Waals surface area (Å²) in [6.07, 6.45) is -0.534. The number of ether oxygens (including phenoxy) is 3. The third-order valence-corrected chi connectivity index (χ3v) is 3.13. The highest BCUT2D eigenvalue weighted by Crippen LogP contribution is 2.16. The van der Waals surface area contributed by atoms with Crippen LogP contribution in [-0.2, 0) is 20.8 Å². The maximum absolute atomic E-state index is 12.0. The van der Waals surface area contributed by atoms with Gasteiger partial charge in [-0.3, -0.25) is 4.57 Å². The van der Waals surface area contributed by atoms with E-state index in [9.17, 15) is 9.59 Å². The van der Waals surface area contributed by atoms with Crippen LogP contribution in [0, 0.1) is 0 Å². The molecule has 1 aromatic heterocycles. The van der Waals surface area contributed by atoms with Gasteiger partial charge in [0.15, 0.2) is 11.9 Å². The highest BCUT2D eigenvalue weighted by molar-refractivity contribution is 5.93. The average Bonchev–Trinajstić information content (AvgIpc) is 2.82. The zero-order valence-electron chi connectivity index (χ0n) is 12.8. The Hall–Kier alpha value is -2.12. The number of carbonyl (C=O) groups is 1. The Morgan fingerprint density at radius 2 is 1.95 bits per heavy atom. The Labute approximate surface area is 127 Å². The second-order valence-corrected chi connectivity index (χ2v) is 4.49. The summed E-state index contributed by atoms with van der Waals surface area (Å²) in [6.45, 7) is 4.87. The predicted molar refractivity (Wildman–Crippen MR) is 78.9 cm³/mol. The first-order chi connectivity index (χ1) is 10.6. The molecule has 0 aliphatic carbocycles. The molecule has 0 amide bonds. The molecule has 0 saturated carbocycles. The minimum atomic E-state index is -0.534.